The maximum Gasteiger partial charge on any atom is 0.248 e. The summed E-state index contributed by atoms with van der Waals surface area (Å²) < 4.78 is 12.4. The smallest absolute Gasteiger partial charge is 0.248 e. The predicted molar refractivity (Wildman–Crippen MR) is 130 cm³/mol. The average molecular weight is 473 g/mol. The molecule has 10 heteroatoms. The lowest BCUT2D eigenvalue weighted by Gasteiger charge is -2.14. The molecule has 3 heterocycles. The molecule has 1 saturated heterocycles. The van der Waals surface area contributed by atoms with Gasteiger partial charge in [-0.05, 0) is 36.6 Å². The first kappa shape index (κ1) is 23.5. The summed E-state index contributed by atoms with van der Waals surface area (Å²) >= 11 is 0. The Hall–Kier alpha value is -4.65. The molecule has 1 aliphatic rings. The second-order valence-corrected chi connectivity index (χ2v) is 7.69. The van der Waals surface area contributed by atoms with Crippen molar-refractivity contribution in [2.45, 2.75) is 12.5 Å². The van der Waals surface area contributed by atoms with E-state index in [0.717, 1.165) is 6.08 Å². The minimum Gasteiger partial charge on any atom is -0.497 e. The first-order valence-corrected chi connectivity index (χ1v) is 10.8. The first-order chi connectivity index (χ1) is 17.0. The molecule has 2 amide bonds. The third kappa shape index (κ3) is 4.84. The maximum atomic E-state index is 12.1. The molecule has 0 bridgehead atoms. The number of amides is 2. The van der Waals surface area contributed by atoms with Crippen LogP contribution in [0.25, 0.3) is 11.0 Å². The highest BCUT2D eigenvalue weighted by atomic mass is 16.5. The number of carbonyl (C=O) groups excluding carboxylic acids is 2. The van der Waals surface area contributed by atoms with E-state index in [1.54, 1.807) is 42.0 Å². The Kier molecular flexibility index (Phi) is 6.78. The lowest BCUT2D eigenvalue weighted by molar-refractivity contribution is -0.125. The molecule has 0 spiro atoms. The molecule has 2 aromatic heterocycles. The van der Waals surface area contributed by atoms with Crippen LogP contribution in [-0.4, -0.2) is 63.8 Å². The molecule has 1 atom stereocenters. The third-order valence-electron chi connectivity index (χ3n) is 5.59. The number of fused-ring (bicyclic) bond motifs is 1. The van der Waals surface area contributed by atoms with Gasteiger partial charge in [0.1, 0.15) is 29.3 Å². The van der Waals surface area contributed by atoms with Gasteiger partial charge in [-0.2, -0.15) is 5.10 Å². The molecule has 1 fully saturated rings. The molecular weight excluding hydrogens is 448 g/mol. The summed E-state index contributed by atoms with van der Waals surface area (Å²) in [6.07, 6.45) is 4.50. The van der Waals surface area contributed by atoms with Crippen LogP contribution in [0.5, 0.6) is 11.5 Å². The molecule has 0 radical (unpaired) electrons. The van der Waals surface area contributed by atoms with Gasteiger partial charge in [-0.3, -0.25) is 9.59 Å². The summed E-state index contributed by atoms with van der Waals surface area (Å²) in [5.41, 5.74) is 1.54. The van der Waals surface area contributed by atoms with E-state index in [0.29, 0.717) is 53.3 Å². The number of methoxy groups -OCH3 is 2. The number of rotatable bonds is 6. The number of anilines is 1. The summed E-state index contributed by atoms with van der Waals surface area (Å²) in [6, 6.07) is 5.19. The Morgan fingerprint density at radius 1 is 1.11 bits per heavy atom. The zero-order valence-electron chi connectivity index (χ0n) is 19.4. The van der Waals surface area contributed by atoms with Crippen LogP contribution in [0.15, 0.2) is 49.8 Å². The zero-order chi connectivity index (χ0) is 24.9. The summed E-state index contributed by atoms with van der Waals surface area (Å²) in [7, 11) is 3.13. The summed E-state index contributed by atoms with van der Waals surface area (Å²) in [4.78, 5) is 34.5. The van der Waals surface area contributed by atoms with Crippen molar-refractivity contribution in [2.75, 3.05) is 32.6 Å². The highest BCUT2D eigenvalue weighted by Gasteiger charge is 2.29. The van der Waals surface area contributed by atoms with Gasteiger partial charge in [0.05, 0.1) is 25.6 Å². The summed E-state index contributed by atoms with van der Waals surface area (Å²) in [5, 5.41) is 7.92. The van der Waals surface area contributed by atoms with E-state index in [1.807, 2.05) is 0 Å². The van der Waals surface area contributed by atoms with Crippen molar-refractivity contribution in [3.63, 3.8) is 0 Å². The highest BCUT2D eigenvalue weighted by Crippen LogP contribution is 2.30. The van der Waals surface area contributed by atoms with Crippen molar-refractivity contribution in [1.82, 2.24) is 24.6 Å². The molecule has 1 aliphatic heterocycles. The Morgan fingerprint density at radius 2 is 1.86 bits per heavy atom. The number of aromatic nitrogens is 4. The number of benzene rings is 1. The zero-order valence-corrected chi connectivity index (χ0v) is 19.4. The van der Waals surface area contributed by atoms with Crippen LogP contribution in [0, 0.1) is 11.8 Å². The Morgan fingerprint density at radius 3 is 2.51 bits per heavy atom. The Balaban J connectivity index is 1.82. The van der Waals surface area contributed by atoms with E-state index in [4.69, 9.17) is 14.6 Å². The molecule has 0 aliphatic carbocycles. The molecule has 3 aromatic rings. The Bertz CT molecular complexity index is 1360. The lowest BCUT2D eigenvalue weighted by Crippen LogP contribution is -2.27. The number of carbonyl (C=O) groups is 2. The number of likely N-dealkylation sites (tertiary alicyclic amines) is 1. The van der Waals surface area contributed by atoms with Crippen LogP contribution in [0.1, 0.15) is 23.7 Å². The second kappa shape index (κ2) is 10.1. The van der Waals surface area contributed by atoms with Gasteiger partial charge in [0.25, 0.3) is 0 Å². The topological polar surface area (TPSA) is 111 Å². The van der Waals surface area contributed by atoms with Crippen LogP contribution in [0.3, 0.4) is 0 Å². The molecule has 35 heavy (non-hydrogen) atoms. The van der Waals surface area contributed by atoms with Gasteiger partial charge in [0, 0.05) is 24.7 Å². The van der Waals surface area contributed by atoms with Gasteiger partial charge in [0.15, 0.2) is 5.65 Å². The van der Waals surface area contributed by atoms with Crippen LogP contribution >= 0.6 is 0 Å². The van der Waals surface area contributed by atoms with E-state index >= 15 is 0 Å². The van der Waals surface area contributed by atoms with Crippen molar-refractivity contribution >= 4 is 28.7 Å². The van der Waals surface area contributed by atoms with Gasteiger partial charge in [-0.1, -0.05) is 19.1 Å². The van der Waals surface area contributed by atoms with Crippen molar-refractivity contribution in [1.29, 1.82) is 0 Å². The van der Waals surface area contributed by atoms with E-state index in [1.165, 1.54) is 12.4 Å². The van der Waals surface area contributed by atoms with Crippen LogP contribution < -0.4 is 14.8 Å². The average Bonchev–Trinajstić information content (AvgIpc) is 3.52. The van der Waals surface area contributed by atoms with E-state index in [9.17, 15) is 9.59 Å². The largest absolute Gasteiger partial charge is 0.497 e. The van der Waals surface area contributed by atoms with Crippen LogP contribution in [0.2, 0.25) is 0 Å². The fourth-order valence-corrected chi connectivity index (χ4v) is 3.86. The summed E-state index contributed by atoms with van der Waals surface area (Å²) in [5.74, 6) is 7.09. The standard InChI is InChI=1S/C25H24N6O4/c1-5-21(32)28-24-23-20(8-7-16-11-18(34-3)13-19(12-16)35-4)29-31(25(23)27-15-26-24)17-9-10-30(14-17)22(33)6-2/h5-6,11-13,15,17H,1-2,9-10,14H2,3-4H3,(H,26,27,28,32). The molecule has 10 nitrogen and oxygen atoms in total. The summed E-state index contributed by atoms with van der Waals surface area (Å²) in [6.45, 7) is 8.09. The van der Waals surface area contributed by atoms with E-state index < -0.39 is 5.91 Å². The molecule has 1 N–H and O–H groups in total. The van der Waals surface area contributed by atoms with Crippen molar-refractivity contribution < 1.29 is 19.1 Å². The van der Waals surface area contributed by atoms with E-state index in [2.05, 4.69) is 40.3 Å². The SMILES string of the molecule is C=CC(=O)Nc1ncnc2c1c(C#Cc1cc(OC)cc(OC)c1)nn2C1CCN(C(=O)C=C)C1. The monoisotopic (exact) mass is 472 g/mol. The number of ether oxygens (including phenoxy) is 2. The normalized spacial score (nSPS) is 14.7. The number of nitrogens with one attached hydrogen (secondary N) is 1. The minimum atomic E-state index is -0.419. The van der Waals surface area contributed by atoms with Crippen molar-refractivity contribution in [3.8, 4) is 23.3 Å². The van der Waals surface area contributed by atoms with Gasteiger partial charge < -0.3 is 19.7 Å². The van der Waals surface area contributed by atoms with Crippen molar-refractivity contribution in [3.05, 3.63) is 61.1 Å². The minimum absolute atomic E-state index is 0.119. The first-order valence-electron chi connectivity index (χ1n) is 10.8. The Labute approximate surface area is 202 Å². The van der Waals surface area contributed by atoms with Gasteiger partial charge in [0.2, 0.25) is 11.8 Å². The van der Waals surface area contributed by atoms with Gasteiger partial charge in [-0.15, -0.1) is 0 Å². The van der Waals surface area contributed by atoms with Gasteiger partial charge in [-0.25, -0.2) is 14.6 Å². The van der Waals surface area contributed by atoms with Crippen molar-refractivity contribution in [2.24, 2.45) is 0 Å². The fraction of sp³-hybridized carbons (Fsp3) is 0.240. The highest BCUT2D eigenvalue weighted by molar-refractivity contribution is 6.04. The van der Waals surface area contributed by atoms with E-state index in [-0.39, 0.29) is 17.8 Å². The molecular formula is C25H24N6O4. The number of nitrogens with zero attached hydrogens (tertiary/aromatic N) is 5. The predicted octanol–water partition coefficient (Wildman–Crippen LogP) is 2.33. The van der Waals surface area contributed by atoms with Crippen LogP contribution in [-0.2, 0) is 9.59 Å². The quantitative estimate of drug-likeness (QED) is 0.433. The third-order valence-corrected chi connectivity index (χ3v) is 5.59. The molecule has 4 rings (SSSR count). The maximum absolute atomic E-state index is 12.1. The molecule has 0 saturated carbocycles. The fourth-order valence-electron chi connectivity index (χ4n) is 3.86. The second-order valence-electron chi connectivity index (χ2n) is 7.69. The number of hydrogen-bond donors (Lipinski definition) is 1. The lowest BCUT2D eigenvalue weighted by atomic mass is 10.2. The number of hydrogen-bond acceptors (Lipinski definition) is 7. The van der Waals surface area contributed by atoms with Crippen LogP contribution in [0.4, 0.5) is 5.82 Å². The van der Waals surface area contributed by atoms with Gasteiger partial charge >= 0.3 is 0 Å². The molecule has 1 unspecified atom stereocenters. The molecule has 178 valence electrons. The molecule has 1 aromatic carbocycles.